The molecule has 4 aromatic rings. The number of nitrogens with zero attached hydrogens (tertiary/aromatic N) is 2. The highest BCUT2D eigenvalue weighted by Gasteiger charge is 2.36. The summed E-state index contributed by atoms with van der Waals surface area (Å²) in [4.78, 5) is 25.8. The van der Waals surface area contributed by atoms with E-state index in [1.807, 2.05) is 0 Å². The third-order valence-corrected chi connectivity index (χ3v) is 5.80. The summed E-state index contributed by atoms with van der Waals surface area (Å²) in [6.07, 6.45) is 1.12. The van der Waals surface area contributed by atoms with E-state index in [9.17, 15) is 13.6 Å². The number of alkyl halides is 2. The van der Waals surface area contributed by atoms with Crippen LogP contribution in [0, 0.1) is 0 Å². The number of hydrogen-bond donors (Lipinski definition) is 3. The van der Waals surface area contributed by atoms with Crippen molar-refractivity contribution >= 4 is 44.1 Å². The van der Waals surface area contributed by atoms with Crippen LogP contribution in [-0.4, -0.2) is 33.0 Å². The van der Waals surface area contributed by atoms with Gasteiger partial charge in [0.05, 0.1) is 28.4 Å². The van der Waals surface area contributed by atoms with E-state index in [1.165, 1.54) is 13.4 Å². The molecular weight excluding hydrogens is 388 g/mol. The number of anilines is 2. The molecule has 1 aliphatic carbocycles. The zero-order valence-corrected chi connectivity index (χ0v) is 15.5. The van der Waals surface area contributed by atoms with Crippen molar-refractivity contribution < 1.29 is 13.5 Å². The van der Waals surface area contributed by atoms with E-state index in [0.717, 1.165) is 21.7 Å². The first-order chi connectivity index (χ1) is 13.4. The fourth-order valence-corrected chi connectivity index (χ4v) is 4.42. The Kier molecular flexibility index (Phi) is 3.66. The van der Waals surface area contributed by atoms with Gasteiger partial charge in [-0.3, -0.25) is 4.79 Å². The predicted molar refractivity (Wildman–Crippen MR) is 103 cm³/mol. The predicted octanol–water partition coefficient (Wildman–Crippen LogP) is 3.74. The lowest BCUT2D eigenvalue weighted by Gasteiger charge is -2.22. The van der Waals surface area contributed by atoms with E-state index in [2.05, 4.69) is 25.3 Å². The maximum Gasteiger partial charge on any atom is 0.305 e. The van der Waals surface area contributed by atoms with Gasteiger partial charge in [0.15, 0.2) is 0 Å². The molecule has 0 bridgehead atoms. The average molecular weight is 403 g/mol. The number of hydrogen-bond acceptors (Lipinski definition) is 6. The maximum absolute atomic E-state index is 14.0. The molecule has 1 aliphatic rings. The second kappa shape index (κ2) is 5.99. The molecule has 0 saturated heterocycles. The average Bonchev–Trinajstić information content (AvgIpc) is 3.19. The van der Waals surface area contributed by atoms with Crippen LogP contribution in [0.5, 0.6) is 5.75 Å². The van der Waals surface area contributed by atoms with E-state index in [1.54, 1.807) is 12.1 Å². The summed E-state index contributed by atoms with van der Waals surface area (Å²) in [5.41, 5.74) is 3.09. The van der Waals surface area contributed by atoms with Crippen molar-refractivity contribution in [2.24, 2.45) is 0 Å². The van der Waals surface area contributed by atoms with Crippen molar-refractivity contribution in [3.8, 4) is 5.75 Å². The number of fused-ring (bicyclic) bond motifs is 4. The Morgan fingerprint density at radius 2 is 2.14 bits per heavy atom. The highest BCUT2D eigenvalue weighted by molar-refractivity contribution is 7.16. The van der Waals surface area contributed by atoms with Gasteiger partial charge in [0, 0.05) is 24.6 Å². The SMILES string of the molecule is COc1cc2[nH]c(=O)sc2cc1Nc1ncnc2[nH]c3c(c12)CC(F)(F)CC3. The van der Waals surface area contributed by atoms with E-state index in [-0.39, 0.29) is 24.1 Å². The van der Waals surface area contributed by atoms with Gasteiger partial charge in [-0.1, -0.05) is 11.3 Å². The Morgan fingerprint density at radius 3 is 2.96 bits per heavy atom. The van der Waals surface area contributed by atoms with E-state index < -0.39 is 5.92 Å². The second-order valence-corrected chi connectivity index (χ2v) is 7.76. The smallest absolute Gasteiger partial charge is 0.305 e. The summed E-state index contributed by atoms with van der Waals surface area (Å²) in [7, 11) is 1.52. The Bertz CT molecular complexity index is 1280. The molecule has 28 heavy (non-hydrogen) atoms. The molecule has 3 heterocycles. The molecule has 3 N–H and O–H groups in total. The number of methoxy groups -OCH3 is 1. The number of aryl methyl sites for hydroxylation is 1. The fourth-order valence-electron chi connectivity index (χ4n) is 3.67. The number of thiazole rings is 1. The standard InChI is InChI=1S/C18H15F2N5O2S/c1-27-12-4-11-13(28-17(26)25-11)5-10(12)24-16-14-8-6-18(19,20)3-2-9(8)23-15(14)21-7-22-16/h4-5,7H,2-3,6H2,1H3,(H,25,26)(H2,21,22,23,24). The zero-order valence-electron chi connectivity index (χ0n) is 14.7. The van der Waals surface area contributed by atoms with Gasteiger partial charge in [-0.2, -0.15) is 0 Å². The number of aromatic nitrogens is 4. The minimum absolute atomic E-state index is 0.166. The summed E-state index contributed by atoms with van der Waals surface area (Å²) >= 11 is 1.08. The molecule has 10 heteroatoms. The molecule has 0 unspecified atom stereocenters. The molecule has 0 radical (unpaired) electrons. The first-order valence-electron chi connectivity index (χ1n) is 8.64. The Balaban J connectivity index is 1.65. The van der Waals surface area contributed by atoms with E-state index in [0.29, 0.717) is 39.4 Å². The molecule has 0 spiro atoms. The monoisotopic (exact) mass is 403 g/mol. The zero-order chi connectivity index (χ0) is 19.5. The molecule has 0 amide bonds. The van der Waals surface area contributed by atoms with Crippen LogP contribution < -0.4 is 14.9 Å². The number of aromatic amines is 2. The van der Waals surface area contributed by atoms with Crippen LogP contribution in [0.15, 0.2) is 23.3 Å². The van der Waals surface area contributed by atoms with Gasteiger partial charge in [-0.15, -0.1) is 0 Å². The van der Waals surface area contributed by atoms with Crippen LogP contribution in [0.2, 0.25) is 0 Å². The van der Waals surface area contributed by atoms with Gasteiger partial charge >= 0.3 is 4.87 Å². The van der Waals surface area contributed by atoms with Gasteiger partial charge in [-0.05, 0) is 18.1 Å². The largest absolute Gasteiger partial charge is 0.494 e. The second-order valence-electron chi connectivity index (χ2n) is 6.75. The minimum atomic E-state index is -2.75. The number of nitrogens with one attached hydrogen (secondary N) is 3. The van der Waals surface area contributed by atoms with Crippen LogP contribution in [0.25, 0.3) is 21.3 Å². The van der Waals surface area contributed by atoms with Crippen LogP contribution in [0.4, 0.5) is 20.3 Å². The van der Waals surface area contributed by atoms with E-state index >= 15 is 0 Å². The van der Waals surface area contributed by atoms with Crippen LogP contribution in [0.1, 0.15) is 17.7 Å². The van der Waals surface area contributed by atoms with Crippen molar-refractivity contribution in [3.63, 3.8) is 0 Å². The highest BCUT2D eigenvalue weighted by atomic mass is 32.1. The number of halogens is 2. The third-order valence-electron chi connectivity index (χ3n) is 4.95. The van der Waals surface area contributed by atoms with Gasteiger partial charge in [0.2, 0.25) is 0 Å². The Labute approximate surface area is 160 Å². The van der Waals surface area contributed by atoms with Crippen LogP contribution in [0.3, 0.4) is 0 Å². The summed E-state index contributed by atoms with van der Waals surface area (Å²) in [6, 6.07) is 3.49. The van der Waals surface area contributed by atoms with Crippen molar-refractivity contribution in [1.82, 2.24) is 19.9 Å². The Morgan fingerprint density at radius 1 is 1.29 bits per heavy atom. The number of benzene rings is 1. The van der Waals surface area contributed by atoms with Crippen LogP contribution in [-0.2, 0) is 12.8 Å². The molecule has 0 atom stereocenters. The number of rotatable bonds is 3. The third kappa shape index (κ3) is 2.71. The number of ether oxygens (including phenoxy) is 1. The molecule has 5 rings (SSSR count). The lowest BCUT2D eigenvalue weighted by atomic mass is 9.93. The fraction of sp³-hybridized carbons (Fsp3) is 0.278. The summed E-state index contributed by atoms with van der Waals surface area (Å²) < 4.78 is 34.2. The molecule has 0 fully saturated rings. The van der Waals surface area contributed by atoms with Crippen molar-refractivity contribution in [2.45, 2.75) is 25.2 Å². The summed E-state index contributed by atoms with van der Waals surface area (Å²) in [5, 5.41) is 3.74. The first-order valence-corrected chi connectivity index (χ1v) is 9.45. The maximum atomic E-state index is 14.0. The van der Waals surface area contributed by atoms with Crippen molar-refractivity contribution in [2.75, 3.05) is 12.4 Å². The van der Waals surface area contributed by atoms with Gasteiger partial charge in [-0.25, -0.2) is 18.7 Å². The van der Waals surface area contributed by atoms with Gasteiger partial charge < -0.3 is 20.0 Å². The van der Waals surface area contributed by atoms with Crippen molar-refractivity contribution in [3.05, 3.63) is 39.4 Å². The molecule has 144 valence electrons. The molecule has 3 aromatic heterocycles. The molecule has 0 saturated carbocycles. The minimum Gasteiger partial charge on any atom is -0.494 e. The van der Waals surface area contributed by atoms with Gasteiger partial charge in [0.1, 0.15) is 23.5 Å². The Hall–Kier alpha value is -3.01. The molecular formula is C18H15F2N5O2S. The highest BCUT2D eigenvalue weighted by Crippen LogP contribution is 2.40. The van der Waals surface area contributed by atoms with Gasteiger partial charge in [0.25, 0.3) is 5.92 Å². The molecule has 1 aromatic carbocycles. The number of H-pyrrole nitrogens is 2. The van der Waals surface area contributed by atoms with E-state index in [4.69, 9.17) is 4.74 Å². The van der Waals surface area contributed by atoms with Crippen LogP contribution >= 0.6 is 11.3 Å². The lowest BCUT2D eigenvalue weighted by molar-refractivity contribution is -0.0121. The quantitative estimate of drug-likeness (QED) is 0.484. The summed E-state index contributed by atoms with van der Waals surface area (Å²) in [5.74, 6) is -1.83. The summed E-state index contributed by atoms with van der Waals surface area (Å²) in [6.45, 7) is 0. The topological polar surface area (TPSA) is 95.7 Å². The first kappa shape index (κ1) is 17.1. The molecule has 7 nitrogen and oxygen atoms in total. The van der Waals surface area contributed by atoms with Crippen molar-refractivity contribution in [1.29, 1.82) is 0 Å². The molecule has 0 aliphatic heterocycles. The lowest BCUT2D eigenvalue weighted by Crippen LogP contribution is -2.25. The normalized spacial score (nSPS) is 15.7.